The number of hydrogen-bond donors (Lipinski definition) is 2. The minimum Gasteiger partial charge on any atom is -0.368 e. The summed E-state index contributed by atoms with van der Waals surface area (Å²) >= 11 is 0. The number of hydrazone groups is 1. The molecule has 2 aromatic carbocycles. The quantitative estimate of drug-likeness (QED) is 0.751. The van der Waals surface area contributed by atoms with Gasteiger partial charge in [0.1, 0.15) is 11.8 Å². The molecule has 0 spiro atoms. The molecule has 1 aliphatic rings. The van der Waals surface area contributed by atoms with Gasteiger partial charge in [-0.3, -0.25) is 14.6 Å². The van der Waals surface area contributed by atoms with Crippen LogP contribution in [-0.4, -0.2) is 49.1 Å². The lowest BCUT2D eigenvalue weighted by Crippen LogP contribution is -2.40. The molecule has 7 nitrogen and oxygen atoms in total. The molecule has 0 bridgehead atoms. The van der Waals surface area contributed by atoms with Crippen molar-refractivity contribution < 1.29 is 9.59 Å². The van der Waals surface area contributed by atoms with E-state index in [1.54, 1.807) is 0 Å². The number of carbonyl (C=O) groups excluding carboxylic acids is 2. The Morgan fingerprint density at radius 3 is 2.41 bits per heavy atom. The van der Waals surface area contributed by atoms with E-state index in [1.807, 2.05) is 51.4 Å². The van der Waals surface area contributed by atoms with Crippen molar-refractivity contribution in [2.24, 2.45) is 10.8 Å². The average Bonchev–Trinajstić information content (AvgIpc) is 3.16. The van der Waals surface area contributed by atoms with Crippen molar-refractivity contribution >= 4 is 23.2 Å². The molecule has 3 N–H and O–H groups in total. The molecule has 3 rings (SSSR count). The monoisotopic (exact) mass is 393 g/mol. The van der Waals surface area contributed by atoms with E-state index in [2.05, 4.69) is 39.6 Å². The Labute approximate surface area is 171 Å². The minimum atomic E-state index is -0.667. The van der Waals surface area contributed by atoms with Crippen LogP contribution in [0.15, 0.2) is 59.7 Å². The number of benzene rings is 2. The summed E-state index contributed by atoms with van der Waals surface area (Å²) in [5, 5.41) is 8.88. The number of nitrogens with one attached hydrogen (secondary N) is 1. The molecule has 7 heteroatoms. The number of nitrogens with two attached hydrogens (primary N) is 1. The molecule has 0 radical (unpaired) electrons. The van der Waals surface area contributed by atoms with Crippen molar-refractivity contribution in [1.82, 2.24) is 10.2 Å². The Bertz CT molecular complexity index is 893. The molecule has 1 heterocycles. The van der Waals surface area contributed by atoms with E-state index in [0.717, 1.165) is 11.3 Å². The topological polar surface area (TPSA) is 91.0 Å². The van der Waals surface area contributed by atoms with E-state index in [4.69, 9.17) is 5.73 Å². The van der Waals surface area contributed by atoms with Crippen LogP contribution in [0.2, 0.25) is 0 Å². The van der Waals surface area contributed by atoms with Crippen molar-refractivity contribution in [3.63, 3.8) is 0 Å². The van der Waals surface area contributed by atoms with Gasteiger partial charge in [-0.05, 0) is 38.7 Å². The van der Waals surface area contributed by atoms with Crippen molar-refractivity contribution in [2.45, 2.75) is 25.4 Å². The van der Waals surface area contributed by atoms with E-state index >= 15 is 0 Å². The summed E-state index contributed by atoms with van der Waals surface area (Å²) in [5.74, 6) is -0.792. The van der Waals surface area contributed by atoms with Crippen LogP contribution in [0.1, 0.15) is 23.6 Å². The van der Waals surface area contributed by atoms with Gasteiger partial charge in [-0.15, -0.1) is 0 Å². The summed E-state index contributed by atoms with van der Waals surface area (Å²) in [5.41, 5.74) is 8.89. The highest BCUT2D eigenvalue weighted by Gasteiger charge is 2.35. The number of anilines is 1. The number of hydrogen-bond acceptors (Lipinski definition) is 5. The van der Waals surface area contributed by atoms with Crippen molar-refractivity contribution in [3.05, 3.63) is 65.7 Å². The van der Waals surface area contributed by atoms with Gasteiger partial charge in [0.15, 0.2) is 0 Å². The van der Waals surface area contributed by atoms with Gasteiger partial charge in [0, 0.05) is 13.0 Å². The smallest absolute Gasteiger partial charge is 0.267 e. The summed E-state index contributed by atoms with van der Waals surface area (Å²) in [7, 11) is 3.95. The Hall–Kier alpha value is -3.19. The molecule has 0 aromatic heterocycles. The zero-order valence-electron chi connectivity index (χ0n) is 17.0. The van der Waals surface area contributed by atoms with Crippen LogP contribution in [0.4, 0.5) is 5.69 Å². The van der Waals surface area contributed by atoms with Gasteiger partial charge in [0.05, 0.1) is 11.7 Å². The molecule has 2 amide bonds. The van der Waals surface area contributed by atoms with E-state index < -0.39 is 11.9 Å². The zero-order chi connectivity index (χ0) is 21.0. The second kappa shape index (κ2) is 8.87. The predicted octanol–water partition coefficient (Wildman–Crippen LogP) is 1.83. The lowest BCUT2D eigenvalue weighted by atomic mass is 10.0. The van der Waals surface area contributed by atoms with E-state index in [0.29, 0.717) is 12.3 Å². The van der Waals surface area contributed by atoms with Crippen LogP contribution in [0.5, 0.6) is 0 Å². The predicted molar refractivity (Wildman–Crippen MR) is 115 cm³/mol. The van der Waals surface area contributed by atoms with Crippen LogP contribution in [0.3, 0.4) is 0 Å². The molecular weight excluding hydrogens is 366 g/mol. The van der Waals surface area contributed by atoms with E-state index in [9.17, 15) is 9.59 Å². The Kier molecular flexibility index (Phi) is 6.29. The normalized spacial score (nSPS) is 17.2. The second-order valence-corrected chi connectivity index (χ2v) is 7.45. The highest BCUT2D eigenvalue weighted by Crippen LogP contribution is 2.24. The Morgan fingerprint density at radius 2 is 1.83 bits per heavy atom. The molecule has 29 heavy (non-hydrogen) atoms. The number of para-hydroxylation sites is 1. The number of likely N-dealkylation sites (N-methyl/N-ethyl adjacent to an activating group) is 1. The SMILES string of the molecule is Cc1ccc([C@@H](CNC(=O)C2=NN(c3ccccc3)[C@H](C(N)=O)C2)N(C)C)cc1. The van der Waals surface area contributed by atoms with E-state index in [1.165, 1.54) is 10.6 Å². The third-order valence-electron chi connectivity index (χ3n) is 5.06. The largest absolute Gasteiger partial charge is 0.368 e. The van der Waals surface area contributed by atoms with Crippen molar-refractivity contribution in [1.29, 1.82) is 0 Å². The van der Waals surface area contributed by atoms with Gasteiger partial charge >= 0.3 is 0 Å². The molecule has 0 unspecified atom stereocenters. The molecule has 152 valence electrons. The summed E-state index contributed by atoms with van der Waals surface area (Å²) in [6, 6.07) is 16.9. The maximum Gasteiger partial charge on any atom is 0.267 e. The van der Waals surface area contributed by atoms with Crippen molar-refractivity contribution in [2.75, 3.05) is 25.6 Å². The van der Waals surface area contributed by atoms with Gasteiger partial charge < -0.3 is 16.0 Å². The number of primary amides is 1. The number of aryl methyl sites for hydroxylation is 1. The second-order valence-electron chi connectivity index (χ2n) is 7.45. The molecule has 2 atom stereocenters. The fourth-order valence-corrected chi connectivity index (χ4v) is 3.37. The molecule has 2 aromatic rings. The highest BCUT2D eigenvalue weighted by molar-refractivity contribution is 6.40. The third-order valence-corrected chi connectivity index (χ3v) is 5.06. The van der Waals surface area contributed by atoms with Crippen LogP contribution >= 0.6 is 0 Å². The number of amides is 2. The summed E-state index contributed by atoms with van der Waals surface area (Å²) in [4.78, 5) is 26.7. The van der Waals surface area contributed by atoms with Gasteiger partial charge in [-0.25, -0.2) is 0 Å². The van der Waals surface area contributed by atoms with Crippen LogP contribution < -0.4 is 16.1 Å². The summed E-state index contributed by atoms with van der Waals surface area (Å²) < 4.78 is 0. The first kappa shape index (κ1) is 20.5. The highest BCUT2D eigenvalue weighted by atomic mass is 16.2. The molecular formula is C22H27N5O2. The zero-order valence-corrected chi connectivity index (χ0v) is 17.0. The number of rotatable bonds is 7. The lowest BCUT2D eigenvalue weighted by Gasteiger charge is -2.25. The average molecular weight is 393 g/mol. The molecule has 1 aliphatic heterocycles. The molecule has 0 saturated carbocycles. The first-order chi connectivity index (χ1) is 13.9. The first-order valence-corrected chi connectivity index (χ1v) is 9.59. The van der Waals surface area contributed by atoms with E-state index in [-0.39, 0.29) is 18.4 Å². The summed E-state index contributed by atoms with van der Waals surface area (Å²) in [6.45, 7) is 2.47. The molecule has 0 saturated heterocycles. The third kappa shape index (κ3) is 4.81. The van der Waals surface area contributed by atoms with Gasteiger partial charge in [0.25, 0.3) is 5.91 Å². The van der Waals surface area contributed by atoms with Crippen LogP contribution in [0.25, 0.3) is 0 Å². The summed E-state index contributed by atoms with van der Waals surface area (Å²) in [6.07, 6.45) is 0.188. The molecule has 0 aliphatic carbocycles. The van der Waals surface area contributed by atoms with Crippen LogP contribution in [0, 0.1) is 6.92 Å². The van der Waals surface area contributed by atoms with Gasteiger partial charge in [-0.2, -0.15) is 5.10 Å². The minimum absolute atomic E-state index is 0.0266. The Morgan fingerprint density at radius 1 is 1.17 bits per heavy atom. The first-order valence-electron chi connectivity index (χ1n) is 9.59. The van der Waals surface area contributed by atoms with Crippen LogP contribution in [-0.2, 0) is 9.59 Å². The lowest BCUT2D eigenvalue weighted by molar-refractivity contribution is -0.119. The fraction of sp³-hybridized carbons (Fsp3) is 0.318. The number of nitrogens with zero attached hydrogens (tertiary/aromatic N) is 3. The molecule has 0 fully saturated rings. The Balaban J connectivity index is 1.72. The number of carbonyl (C=O) groups is 2. The van der Waals surface area contributed by atoms with Gasteiger partial charge in [-0.1, -0.05) is 48.0 Å². The van der Waals surface area contributed by atoms with Gasteiger partial charge in [0.2, 0.25) is 5.91 Å². The fourth-order valence-electron chi connectivity index (χ4n) is 3.37. The van der Waals surface area contributed by atoms with Crippen molar-refractivity contribution in [3.8, 4) is 0 Å². The maximum atomic E-state index is 12.8. The maximum absolute atomic E-state index is 12.8. The standard InChI is InChI=1S/C22H27N5O2/c1-15-9-11-16(12-10-15)20(26(2)3)14-24-22(29)18-13-19(21(23)28)27(25-18)17-7-5-4-6-8-17/h4-12,19-20H,13-14H2,1-3H3,(H2,23,28)(H,24,29)/t19-,20+/m0/s1.